The van der Waals surface area contributed by atoms with Gasteiger partial charge in [-0.3, -0.25) is 14.5 Å². The van der Waals surface area contributed by atoms with E-state index in [1.54, 1.807) is 0 Å². The first-order chi connectivity index (χ1) is 15.5. The van der Waals surface area contributed by atoms with E-state index in [0.29, 0.717) is 12.1 Å². The van der Waals surface area contributed by atoms with Gasteiger partial charge in [-0.05, 0) is 41.3 Å². The average Bonchev–Trinajstić information content (AvgIpc) is 3.21. The number of carboxylic acid groups (broad SMARTS) is 1. The number of aromatic nitrogens is 2. The summed E-state index contributed by atoms with van der Waals surface area (Å²) in [6, 6.07) is 18.1. The summed E-state index contributed by atoms with van der Waals surface area (Å²) in [5.74, 6) is -0.739. The number of aromatic amines is 2. The van der Waals surface area contributed by atoms with Crippen LogP contribution < -0.4 is 5.56 Å². The maximum atomic E-state index is 12.6. The van der Waals surface area contributed by atoms with Crippen molar-refractivity contribution in [1.82, 2.24) is 19.8 Å². The first-order valence-corrected chi connectivity index (χ1v) is 11.0. The number of para-hydroxylation sites is 1. The minimum atomic E-state index is -0.739. The summed E-state index contributed by atoms with van der Waals surface area (Å²) < 4.78 is 0. The lowest BCUT2D eigenvalue weighted by molar-refractivity contribution is -0.137. The van der Waals surface area contributed by atoms with Gasteiger partial charge >= 0.3 is 5.97 Å². The molecule has 1 aliphatic rings. The summed E-state index contributed by atoms with van der Waals surface area (Å²) in [5, 5.41) is 10.9. The van der Waals surface area contributed by atoms with Crippen LogP contribution in [0.5, 0.6) is 0 Å². The number of hydrogen-bond acceptors (Lipinski definition) is 4. The quantitative estimate of drug-likeness (QED) is 0.437. The molecule has 1 saturated heterocycles. The molecule has 2 aromatic heterocycles. The van der Waals surface area contributed by atoms with E-state index in [-0.39, 0.29) is 12.0 Å². The highest BCUT2D eigenvalue weighted by molar-refractivity contribution is 5.89. The monoisotopic (exact) mass is 430 g/mol. The number of nitrogens with zero attached hydrogens (tertiary/aromatic N) is 2. The third-order valence-electron chi connectivity index (χ3n) is 6.24. The minimum Gasteiger partial charge on any atom is -0.481 e. The highest BCUT2D eigenvalue weighted by Gasteiger charge is 2.18. The molecule has 32 heavy (non-hydrogen) atoms. The highest BCUT2D eigenvalue weighted by atomic mass is 16.4. The fourth-order valence-corrected chi connectivity index (χ4v) is 4.46. The van der Waals surface area contributed by atoms with Crippen LogP contribution >= 0.6 is 0 Å². The van der Waals surface area contributed by atoms with Crippen LogP contribution in [0.25, 0.3) is 33.1 Å². The fourth-order valence-electron chi connectivity index (χ4n) is 4.46. The van der Waals surface area contributed by atoms with Crippen molar-refractivity contribution in [3.8, 4) is 11.3 Å². The summed E-state index contributed by atoms with van der Waals surface area (Å²) in [5.41, 5.74) is 4.43. The van der Waals surface area contributed by atoms with E-state index in [4.69, 9.17) is 5.11 Å². The van der Waals surface area contributed by atoms with E-state index >= 15 is 0 Å². The smallest absolute Gasteiger partial charge is 0.304 e. The Morgan fingerprint density at radius 2 is 1.62 bits per heavy atom. The Kier molecular flexibility index (Phi) is 5.51. The zero-order chi connectivity index (χ0) is 22.1. The van der Waals surface area contributed by atoms with Crippen LogP contribution in [0.4, 0.5) is 0 Å². The van der Waals surface area contributed by atoms with Gasteiger partial charge in [-0.15, -0.1) is 0 Å². The van der Waals surface area contributed by atoms with Crippen LogP contribution in [-0.4, -0.2) is 63.6 Å². The van der Waals surface area contributed by atoms with Gasteiger partial charge in [0.25, 0.3) is 5.56 Å². The molecule has 2 aromatic carbocycles. The van der Waals surface area contributed by atoms with E-state index in [0.717, 1.165) is 60.2 Å². The summed E-state index contributed by atoms with van der Waals surface area (Å²) in [6.07, 6.45) is 0.201. The molecule has 0 radical (unpaired) electrons. The Balaban J connectivity index is 1.31. The summed E-state index contributed by atoms with van der Waals surface area (Å²) in [4.78, 5) is 34.4. The number of pyridine rings is 1. The van der Waals surface area contributed by atoms with Crippen molar-refractivity contribution in [2.24, 2.45) is 0 Å². The van der Waals surface area contributed by atoms with E-state index in [2.05, 4.69) is 38.0 Å². The number of rotatable bonds is 6. The molecule has 0 aliphatic carbocycles. The fraction of sp³-hybridized carbons (Fsp3) is 0.280. The maximum absolute atomic E-state index is 12.6. The van der Waals surface area contributed by atoms with Crippen molar-refractivity contribution >= 4 is 27.8 Å². The Hall–Kier alpha value is -3.42. The first-order valence-electron chi connectivity index (χ1n) is 11.0. The minimum absolute atomic E-state index is 0.101. The topological polar surface area (TPSA) is 92.4 Å². The number of hydrogen-bond donors (Lipinski definition) is 3. The number of piperazine rings is 1. The summed E-state index contributed by atoms with van der Waals surface area (Å²) in [6.45, 7) is 5.14. The van der Waals surface area contributed by atoms with Crippen molar-refractivity contribution in [2.45, 2.75) is 13.0 Å². The molecule has 3 N–H and O–H groups in total. The van der Waals surface area contributed by atoms with Crippen LogP contribution in [0.2, 0.25) is 0 Å². The number of H-pyrrole nitrogens is 2. The van der Waals surface area contributed by atoms with Crippen LogP contribution in [-0.2, 0) is 11.3 Å². The second kappa shape index (κ2) is 8.61. The molecule has 7 nitrogen and oxygen atoms in total. The number of fused-ring (bicyclic) bond motifs is 2. The number of carboxylic acids is 1. The maximum Gasteiger partial charge on any atom is 0.304 e. The molecule has 0 spiro atoms. The van der Waals surface area contributed by atoms with Crippen LogP contribution in [0.15, 0.2) is 59.4 Å². The number of carbonyl (C=O) groups is 1. The molecule has 0 amide bonds. The van der Waals surface area contributed by atoms with Crippen LogP contribution in [0, 0.1) is 0 Å². The zero-order valence-corrected chi connectivity index (χ0v) is 17.8. The normalized spacial score (nSPS) is 15.5. The van der Waals surface area contributed by atoms with E-state index in [1.165, 1.54) is 5.56 Å². The van der Waals surface area contributed by atoms with Gasteiger partial charge in [0.05, 0.1) is 17.7 Å². The van der Waals surface area contributed by atoms with Crippen molar-refractivity contribution in [2.75, 3.05) is 32.7 Å². The van der Waals surface area contributed by atoms with Gasteiger partial charge < -0.3 is 20.0 Å². The van der Waals surface area contributed by atoms with E-state index in [1.807, 2.05) is 36.4 Å². The molecular formula is C25H26N4O3. The Bertz CT molecular complexity index is 1330. The Morgan fingerprint density at radius 3 is 2.44 bits per heavy atom. The third-order valence-corrected chi connectivity index (χ3v) is 6.24. The van der Waals surface area contributed by atoms with Crippen LogP contribution in [0.3, 0.4) is 0 Å². The first kappa shape index (κ1) is 20.5. The molecule has 4 aromatic rings. The largest absolute Gasteiger partial charge is 0.481 e. The van der Waals surface area contributed by atoms with Crippen molar-refractivity contribution in [3.05, 3.63) is 70.5 Å². The van der Waals surface area contributed by atoms with Gasteiger partial charge in [-0.2, -0.15) is 0 Å². The van der Waals surface area contributed by atoms with E-state index < -0.39 is 5.97 Å². The molecular weight excluding hydrogens is 404 g/mol. The predicted molar refractivity (Wildman–Crippen MR) is 126 cm³/mol. The molecule has 1 aliphatic heterocycles. The molecule has 0 atom stereocenters. The highest BCUT2D eigenvalue weighted by Crippen LogP contribution is 2.25. The SMILES string of the molecule is O=C(O)CCN1CCN(Cc2ccc3[nH]c(-c4cc5ccccc5[nH]c4=O)cc3c2)CC1. The zero-order valence-electron chi connectivity index (χ0n) is 17.8. The lowest BCUT2D eigenvalue weighted by Gasteiger charge is -2.34. The molecule has 3 heterocycles. The van der Waals surface area contributed by atoms with Crippen LogP contribution in [0.1, 0.15) is 12.0 Å². The van der Waals surface area contributed by atoms with Crippen molar-refractivity contribution in [1.29, 1.82) is 0 Å². The third kappa shape index (κ3) is 4.30. The van der Waals surface area contributed by atoms with Gasteiger partial charge in [0, 0.05) is 55.7 Å². The number of nitrogens with one attached hydrogen (secondary N) is 2. The molecule has 7 heteroatoms. The van der Waals surface area contributed by atoms with Gasteiger partial charge in [0.15, 0.2) is 0 Å². The lowest BCUT2D eigenvalue weighted by Crippen LogP contribution is -2.46. The molecule has 5 rings (SSSR count). The van der Waals surface area contributed by atoms with E-state index in [9.17, 15) is 9.59 Å². The molecule has 0 bridgehead atoms. The van der Waals surface area contributed by atoms with Gasteiger partial charge in [-0.25, -0.2) is 0 Å². The van der Waals surface area contributed by atoms with Gasteiger partial charge in [-0.1, -0.05) is 24.3 Å². The Morgan fingerprint density at radius 1 is 0.875 bits per heavy atom. The number of aliphatic carboxylic acids is 1. The summed E-state index contributed by atoms with van der Waals surface area (Å²) in [7, 11) is 0. The Labute approximate surface area is 185 Å². The lowest BCUT2D eigenvalue weighted by atomic mass is 10.1. The van der Waals surface area contributed by atoms with Gasteiger partial charge in [0.2, 0.25) is 0 Å². The molecule has 164 valence electrons. The molecule has 1 fully saturated rings. The standard InChI is InChI=1S/C25H26N4O3/c30-24(31)7-8-28-9-11-29(12-10-28)16-17-5-6-22-19(13-17)15-23(26-22)20-14-18-3-1-2-4-21(18)27-25(20)32/h1-6,13-15,26H,7-12,16H2,(H,27,32)(H,30,31). The second-order valence-corrected chi connectivity index (χ2v) is 8.47. The van der Waals surface area contributed by atoms with Crippen molar-refractivity contribution < 1.29 is 9.90 Å². The number of benzene rings is 2. The van der Waals surface area contributed by atoms with Crippen molar-refractivity contribution in [3.63, 3.8) is 0 Å². The summed E-state index contributed by atoms with van der Waals surface area (Å²) >= 11 is 0. The second-order valence-electron chi connectivity index (χ2n) is 8.47. The predicted octanol–water partition coefficient (Wildman–Crippen LogP) is 3.27. The molecule has 0 unspecified atom stereocenters. The molecule has 0 saturated carbocycles. The van der Waals surface area contributed by atoms with Gasteiger partial charge in [0.1, 0.15) is 0 Å². The average molecular weight is 431 g/mol.